The summed E-state index contributed by atoms with van der Waals surface area (Å²) in [6, 6.07) is 2.08. The molecule has 0 unspecified atom stereocenters. The molecule has 1 aliphatic carbocycles. The van der Waals surface area contributed by atoms with E-state index in [0.29, 0.717) is 17.6 Å². The molecule has 41 heavy (non-hydrogen) atoms. The Morgan fingerprint density at radius 1 is 1.17 bits per heavy atom. The minimum Gasteiger partial charge on any atom is -0.463 e. The molecule has 210 valence electrons. The number of halogens is 3. The number of hydrogen-bond donors (Lipinski definition) is 1. The third kappa shape index (κ3) is 4.39. The molecule has 3 aromatic heterocycles. The van der Waals surface area contributed by atoms with E-state index in [1.165, 1.54) is 0 Å². The van der Waals surface area contributed by atoms with Crippen LogP contribution in [-0.4, -0.2) is 46.1 Å². The predicted octanol–water partition coefficient (Wildman–Crippen LogP) is 5.78. The molecule has 0 radical (unpaired) electrons. The Morgan fingerprint density at radius 2 is 1.95 bits per heavy atom. The zero-order valence-electron chi connectivity index (χ0n) is 22.0. The molecule has 2 N–H and O–H groups in total. The van der Waals surface area contributed by atoms with Crippen molar-refractivity contribution in [3.63, 3.8) is 0 Å². The van der Waals surface area contributed by atoms with Crippen LogP contribution in [0.3, 0.4) is 0 Å². The third-order valence-electron chi connectivity index (χ3n) is 8.40. The Bertz CT molecular complexity index is 1790. The van der Waals surface area contributed by atoms with Gasteiger partial charge in [0.05, 0.1) is 48.3 Å². The number of piperidine rings is 1. The predicted molar refractivity (Wildman–Crippen MR) is 148 cm³/mol. The van der Waals surface area contributed by atoms with Crippen LogP contribution in [0, 0.1) is 28.4 Å². The van der Waals surface area contributed by atoms with E-state index in [1.54, 1.807) is 6.20 Å². The number of likely N-dealkylation sites (tertiary alicyclic amines) is 1. The van der Waals surface area contributed by atoms with Gasteiger partial charge in [0, 0.05) is 47.6 Å². The van der Waals surface area contributed by atoms with E-state index < -0.39 is 11.6 Å². The van der Waals surface area contributed by atoms with E-state index in [0.717, 1.165) is 80.3 Å². The summed E-state index contributed by atoms with van der Waals surface area (Å²) in [5.74, 6) is -1.30. The van der Waals surface area contributed by atoms with E-state index in [4.69, 9.17) is 15.2 Å². The number of nitrogens with two attached hydrogens (primary N) is 1. The van der Waals surface area contributed by atoms with Gasteiger partial charge in [0.2, 0.25) is 0 Å². The number of anilines is 1. The van der Waals surface area contributed by atoms with Crippen molar-refractivity contribution in [2.24, 2.45) is 5.41 Å². The number of thiophene rings is 1. The van der Waals surface area contributed by atoms with Gasteiger partial charge in [-0.05, 0) is 42.4 Å². The van der Waals surface area contributed by atoms with Crippen LogP contribution >= 0.6 is 11.3 Å². The summed E-state index contributed by atoms with van der Waals surface area (Å²) >= 11 is 0.930. The molecule has 1 saturated heterocycles. The lowest BCUT2D eigenvalue weighted by Gasteiger charge is -2.31. The minimum atomic E-state index is -0.670. The summed E-state index contributed by atoms with van der Waals surface area (Å²) in [5, 5.41) is 10.6. The molecular formula is C29H25F3N6O2S. The summed E-state index contributed by atoms with van der Waals surface area (Å²) in [6.07, 6.45) is 6.77. The molecule has 2 aliphatic heterocycles. The van der Waals surface area contributed by atoms with Crippen molar-refractivity contribution in [3.8, 4) is 23.3 Å². The van der Waals surface area contributed by atoms with Crippen LogP contribution in [0.5, 0.6) is 6.01 Å². The highest BCUT2D eigenvalue weighted by molar-refractivity contribution is 7.23. The summed E-state index contributed by atoms with van der Waals surface area (Å²) in [5.41, 5.74) is 8.45. The third-order valence-corrected chi connectivity index (χ3v) is 9.43. The highest BCUT2D eigenvalue weighted by Crippen LogP contribution is 2.48. The number of nitrogen functional groups attached to an aromatic ring is 1. The molecule has 0 amide bonds. The van der Waals surface area contributed by atoms with Crippen molar-refractivity contribution in [2.45, 2.75) is 38.9 Å². The molecular weight excluding hydrogens is 553 g/mol. The second-order valence-electron chi connectivity index (χ2n) is 11.0. The highest BCUT2D eigenvalue weighted by atomic mass is 32.1. The van der Waals surface area contributed by atoms with E-state index in [2.05, 4.69) is 19.9 Å². The largest absolute Gasteiger partial charge is 0.463 e. The van der Waals surface area contributed by atoms with Gasteiger partial charge in [-0.25, -0.2) is 18.2 Å². The maximum atomic E-state index is 16.4. The summed E-state index contributed by atoms with van der Waals surface area (Å²) in [6.45, 7) is 3.23. The lowest BCUT2D eigenvalue weighted by atomic mass is 9.94. The molecule has 4 aromatic rings. The zero-order valence-corrected chi connectivity index (χ0v) is 22.8. The summed E-state index contributed by atoms with van der Waals surface area (Å²) < 4.78 is 55.8. The quantitative estimate of drug-likeness (QED) is 0.307. The lowest BCUT2D eigenvalue weighted by molar-refractivity contribution is 0.135. The number of fused-ring (bicyclic) bond motifs is 4. The minimum absolute atomic E-state index is 0.0268. The van der Waals surface area contributed by atoms with Crippen LogP contribution in [0.25, 0.3) is 32.2 Å². The summed E-state index contributed by atoms with van der Waals surface area (Å²) in [4.78, 5) is 15.4. The van der Waals surface area contributed by atoms with E-state index in [9.17, 15) is 14.0 Å². The molecule has 2 fully saturated rings. The molecule has 0 bridgehead atoms. The topological polar surface area (TPSA) is 110 Å². The van der Waals surface area contributed by atoms with Gasteiger partial charge < -0.3 is 20.1 Å². The van der Waals surface area contributed by atoms with Gasteiger partial charge in [0.25, 0.3) is 0 Å². The average Bonchev–Trinajstić information content (AvgIpc) is 3.41. The molecule has 3 aliphatic rings. The van der Waals surface area contributed by atoms with Crippen LogP contribution in [-0.2, 0) is 18.0 Å². The number of ether oxygens (including phenoxy) is 2. The highest BCUT2D eigenvalue weighted by Gasteiger charge is 2.45. The first-order valence-electron chi connectivity index (χ1n) is 13.4. The first-order valence-corrected chi connectivity index (χ1v) is 14.2. The standard InChI is InChI=1S/C29H25F3N6O2S/c30-7-15-1-5-38(6-2-15)13-29(3-4-29)14-40-28-36-9-17-18-11-39-12-19(18)21(23(32)24(17)37-28)25-22-16(8-33)27(34)41-26(22)20(31)10-35-25/h7,9-10H,1-6,11-14,34H2. The van der Waals surface area contributed by atoms with Crippen molar-refractivity contribution in [2.75, 3.05) is 32.0 Å². The SMILES string of the molecule is N#Cc1c(N)sc2c(F)cnc(-c3c4c(c5cnc(OCC6(CN7CCC(=CF)CC7)CC6)nc5c3F)COC4)c12. The molecule has 1 aromatic carbocycles. The van der Waals surface area contributed by atoms with Crippen LogP contribution in [0.1, 0.15) is 42.4 Å². The lowest BCUT2D eigenvalue weighted by Crippen LogP contribution is -2.37. The Labute approximate surface area is 237 Å². The average molecular weight is 579 g/mol. The summed E-state index contributed by atoms with van der Waals surface area (Å²) in [7, 11) is 0. The second kappa shape index (κ2) is 9.94. The monoisotopic (exact) mass is 578 g/mol. The van der Waals surface area contributed by atoms with E-state index in [1.807, 2.05) is 6.07 Å². The Balaban J connectivity index is 1.24. The Hall–Kier alpha value is -3.79. The first-order chi connectivity index (χ1) is 19.9. The molecule has 7 rings (SSSR count). The smallest absolute Gasteiger partial charge is 0.317 e. The van der Waals surface area contributed by atoms with Crippen molar-refractivity contribution in [3.05, 3.63) is 52.6 Å². The van der Waals surface area contributed by atoms with Crippen LogP contribution in [0.2, 0.25) is 0 Å². The van der Waals surface area contributed by atoms with Crippen molar-refractivity contribution >= 4 is 37.3 Å². The fraction of sp³-hybridized carbons (Fsp3) is 0.379. The molecule has 0 spiro atoms. The van der Waals surface area contributed by atoms with Gasteiger partial charge in [-0.2, -0.15) is 10.2 Å². The number of nitrogens with zero attached hydrogens (tertiary/aromatic N) is 5. The second-order valence-corrected chi connectivity index (χ2v) is 12.1. The Kier molecular flexibility index (Phi) is 6.33. The Morgan fingerprint density at radius 3 is 2.68 bits per heavy atom. The van der Waals surface area contributed by atoms with Crippen molar-refractivity contribution < 1.29 is 22.6 Å². The van der Waals surface area contributed by atoms with E-state index in [-0.39, 0.29) is 62.1 Å². The van der Waals surface area contributed by atoms with Gasteiger partial charge in [-0.3, -0.25) is 4.98 Å². The van der Waals surface area contributed by atoms with Gasteiger partial charge in [0.15, 0.2) is 11.6 Å². The molecule has 12 heteroatoms. The number of benzene rings is 1. The maximum absolute atomic E-state index is 16.4. The van der Waals surface area contributed by atoms with Gasteiger partial charge in [-0.15, -0.1) is 11.3 Å². The van der Waals surface area contributed by atoms with Gasteiger partial charge >= 0.3 is 6.01 Å². The maximum Gasteiger partial charge on any atom is 0.317 e. The fourth-order valence-electron chi connectivity index (χ4n) is 5.93. The van der Waals surface area contributed by atoms with Gasteiger partial charge in [0.1, 0.15) is 16.6 Å². The number of pyridine rings is 1. The van der Waals surface area contributed by atoms with Gasteiger partial charge in [-0.1, -0.05) is 0 Å². The number of nitriles is 1. The normalized spacial score (nSPS) is 18.0. The molecule has 8 nitrogen and oxygen atoms in total. The van der Waals surface area contributed by atoms with Crippen LogP contribution in [0.15, 0.2) is 24.3 Å². The van der Waals surface area contributed by atoms with Crippen LogP contribution in [0.4, 0.5) is 18.2 Å². The number of hydrogen-bond acceptors (Lipinski definition) is 9. The molecule has 5 heterocycles. The van der Waals surface area contributed by atoms with E-state index >= 15 is 4.39 Å². The fourth-order valence-corrected chi connectivity index (χ4v) is 6.85. The number of rotatable bonds is 6. The first kappa shape index (κ1) is 26.1. The zero-order chi connectivity index (χ0) is 28.3. The van der Waals surface area contributed by atoms with Crippen molar-refractivity contribution in [1.82, 2.24) is 19.9 Å². The van der Waals surface area contributed by atoms with Crippen LogP contribution < -0.4 is 10.5 Å². The van der Waals surface area contributed by atoms with Crippen molar-refractivity contribution in [1.29, 1.82) is 5.26 Å². The number of aromatic nitrogens is 3. The molecule has 0 atom stereocenters. The molecule has 1 saturated carbocycles.